The number of nitrogens with zero attached hydrogens (tertiary/aromatic N) is 1. The maximum atomic E-state index is 5.83. The Balaban J connectivity index is 2.79. The van der Waals surface area contributed by atoms with Gasteiger partial charge < -0.3 is 5.73 Å². The van der Waals surface area contributed by atoms with E-state index in [1.807, 2.05) is 0 Å². The fourth-order valence-electron chi connectivity index (χ4n) is 0.924. The molecular weight excluding hydrogens is 162 g/mol. The van der Waals surface area contributed by atoms with E-state index in [0.29, 0.717) is 16.8 Å². The van der Waals surface area contributed by atoms with Crippen molar-refractivity contribution < 1.29 is 0 Å². The van der Waals surface area contributed by atoms with E-state index in [-0.39, 0.29) is 0 Å². The first kappa shape index (κ1) is 8.40. The van der Waals surface area contributed by atoms with Gasteiger partial charge in [-0.3, -0.25) is 5.10 Å². The smallest absolute Gasteiger partial charge is 0.164 e. The second-order valence-corrected chi connectivity index (χ2v) is 3.38. The van der Waals surface area contributed by atoms with Crippen LogP contribution in [0.4, 0.5) is 5.82 Å². The summed E-state index contributed by atoms with van der Waals surface area (Å²) in [7, 11) is 0. The number of H-pyrrole nitrogens is 1. The van der Waals surface area contributed by atoms with Crippen molar-refractivity contribution in [3.8, 4) is 0 Å². The van der Waals surface area contributed by atoms with Crippen molar-refractivity contribution in [1.29, 1.82) is 0 Å². The molecule has 0 aliphatic heterocycles. The van der Waals surface area contributed by atoms with Gasteiger partial charge in [0.2, 0.25) is 0 Å². The molecule has 0 aliphatic rings. The van der Waals surface area contributed by atoms with Crippen molar-refractivity contribution >= 4 is 17.4 Å². The number of hydrogen-bond donors (Lipinski definition) is 2. The highest BCUT2D eigenvalue weighted by atomic mass is 35.5. The molecule has 0 saturated heterocycles. The molecule has 0 amide bonds. The Morgan fingerprint density at radius 3 is 2.64 bits per heavy atom. The average molecular weight is 174 g/mol. The van der Waals surface area contributed by atoms with E-state index < -0.39 is 0 Å². The van der Waals surface area contributed by atoms with Crippen LogP contribution < -0.4 is 5.73 Å². The first-order chi connectivity index (χ1) is 5.11. The lowest BCUT2D eigenvalue weighted by atomic mass is 10.1. The van der Waals surface area contributed by atoms with Crippen molar-refractivity contribution in [1.82, 2.24) is 10.2 Å². The van der Waals surface area contributed by atoms with E-state index >= 15 is 0 Å². The van der Waals surface area contributed by atoms with E-state index in [0.717, 1.165) is 12.1 Å². The Morgan fingerprint density at radius 2 is 2.27 bits per heavy atom. The lowest BCUT2D eigenvalue weighted by Crippen LogP contribution is -1.94. The highest BCUT2D eigenvalue weighted by Crippen LogP contribution is 2.21. The van der Waals surface area contributed by atoms with Crippen molar-refractivity contribution in [3.05, 3.63) is 10.7 Å². The van der Waals surface area contributed by atoms with Gasteiger partial charge in [-0.15, -0.1) is 0 Å². The maximum absolute atomic E-state index is 5.83. The molecule has 0 unspecified atom stereocenters. The minimum atomic E-state index is 0.391. The maximum Gasteiger partial charge on any atom is 0.164 e. The van der Waals surface area contributed by atoms with Crippen molar-refractivity contribution in [3.63, 3.8) is 0 Å². The first-order valence-electron chi connectivity index (χ1n) is 3.59. The van der Waals surface area contributed by atoms with Gasteiger partial charge in [0.15, 0.2) is 5.82 Å². The molecule has 0 radical (unpaired) electrons. The molecule has 0 fully saturated rings. The second-order valence-electron chi connectivity index (χ2n) is 3.00. The van der Waals surface area contributed by atoms with Crippen molar-refractivity contribution in [2.75, 3.05) is 5.73 Å². The summed E-state index contributed by atoms with van der Waals surface area (Å²) in [4.78, 5) is 0. The molecule has 1 aromatic heterocycles. The average Bonchev–Trinajstić information content (AvgIpc) is 2.18. The lowest BCUT2D eigenvalue weighted by Gasteiger charge is -2.00. The SMILES string of the molecule is CC(C)Cc1[nH]nc(N)c1Cl. The van der Waals surface area contributed by atoms with E-state index in [1.54, 1.807) is 0 Å². The fraction of sp³-hybridized carbons (Fsp3) is 0.571. The zero-order chi connectivity index (χ0) is 8.43. The Morgan fingerprint density at radius 1 is 1.64 bits per heavy atom. The van der Waals surface area contributed by atoms with E-state index in [2.05, 4.69) is 24.0 Å². The molecule has 0 bridgehead atoms. The molecule has 4 heteroatoms. The van der Waals surface area contributed by atoms with Gasteiger partial charge in [0, 0.05) is 0 Å². The molecule has 3 N–H and O–H groups in total. The third-order valence-corrected chi connectivity index (χ3v) is 1.84. The molecule has 3 nitrogen and oxygen atoms in total. The van der Waals surface area contributed by atoms with Crippen LogP contribution in [-0.2, 0) is 6.42 Å². The molecule has 1 heterocycles. The molecule has 0 aromatic carbocycles. The second kappa shape index (κ2) is 3.13. The number of halogens is 1. The molecular formula is C7H12ClN3. The number of aromatic amines is 1. The monoisotopic (exact) mass is 173 g/mol. The van der Waals surface area contributed by atoms with Crippen LogP contribution in [0.2, 0.25) is 5.02 Å². The lowest BCUT2D eigenvalue weighted by molar-refractivity contribution is 0.634. The summed E-state index contributed by atoms with van der Waals surface area (Å²) in [6, 6.07) is 0. The zero-order valence-electron chi connectivity index (χ0n) is 6.69. The number of anilines is 1. The van der Waals surface area contributed by atoms with Gasteiger partial charge >= 0.3 is 0 Å². The van der Waals surface area contributed by atoms with Gasteiger partial charge in [-0.05, 0) is 12.3 Å². The molecule has 0 atom stereocenters. The van der Waals surface area contributed by atoms with Crippen LogP contribution >= 0.6 is 11.6 Å². The highest BCUT2D eigenvalue weighted by Gasteiger charge is 2.08. The van der Waals surface area contributed by atoms with Crippen molar-refractivity contribution in [2.45, 2.75) is 20.3 Å². The van der Waals surface area contributed by atoms with Gasteiger partial charge in [-0.25, -0.2) is 0 Å². The Bertz CT molecular complexity index is 242. The zero-order valence-corrected chi connectivity index (χ0v) is 7.44. The van der Waals surface area contributed by atoms with Gasteiger partial charge in [0.05, 0.1) is 5.69 Å². The van der Waals surface area contributed by atoms with Gasteiger partial charge in [0.1, 0.15) is 5.02 Å². The molecule has 11 heavy (non-hydrogen) atoms. The molecule has 62 valence electrons. The van der Waals surface area contributed by atoms with Crippen LogP contribution in [0.5, 0.6) is 0 Å². The predicted molar refractivity (Wildman–Crippen MR) is 46.6 cm³/mol. The number of aromatic nitrogens is 2. The van der Waals surface area contributed by atoms with E-state index in [4.69, 9.17) is 17.3 Å². The first-order valence-corrected chi connectivity index (χ1v) is 3.97. The third-order valence-electron chi connectivity index (χ3n) is 1.41. The molecule has 1 rings (SSSR count). The number of nitrogens with two attached hydrogens (primary N) is 1. The summed E-state index contributed by atoms with van der Waals surface area (Å²) in [5.41, 5.74) is 6.37. The predicted octanol–water partition coefficient (Wildman–Crippen LogP) is 1.84. The van der Waals surface area contributed by atoms with Gasteiger partial charge in [-0.2, -0.15) is 5.10 Å². The van der Waals surface area contributed by atoms with Crippen LogP contribution in [-0.4, -0.2) is 10.2 Å². The summed E-state index contributed by atoms with van der Waals surface area (Å²) in [6.45, 7) is 4.24. The Hall–Kier alpha value is -0.700. The Kier molecular flexibility index (Phi) is 2.39. The minimum Gasteiger partial charge on any atom is -0.381 e. The standard InChI is InChI=1S/C7H12ClN3/c1-4(2)3-5-6(8)7(9)11-10-5/h4H,3H2,1-2H3,(H3,9,10,11). The normalized spacial score (nSPS) is 10.9. The van der Waals surface area contributed by atoms with E-state index in [1.165, 1.54) is 0 Å². The number of nitrogens with one attached hydrogen (secondary N) is 1. The van der Waals surface area contributed by atoms with Gasteiger partial charge in [-0.1, -0.05) is 25.4 Å². The van der Waals surface area contributed by atoms with Crippen LogP contribution in [0, 0.1) is 5.92 Å². The number of rotatable bonds is 2. The highest BCUT2D eigenvalue weighted by molar-refractivity contribution is 6.33. The fourth-order valence-corrected chi connectivity index (χ4v) is 1.09. The van der Waals surface area contributed by atoms with Crippen LogP contribution in [0.3, 0.4) is 0 Å². The largest absolute Gasteiger partial charge is 0.381 e. The van der Waals surface area contributed by atoms with E-state index in [9.17, 15) is 0 Å². The number of hydrogen-bond acceptors (Lipinski definition) is 2. The van der Waals surface area contributed by atoms with Crippen molar-refractivity contribution in [2.24, 2.45) is 5.92 Å². The molecule has 0 aliphatic carbocycles. The summed E-state index contributed by atoms with van der Waals surface area (Å²) in [6.07, 6.45) is 0.892. The topological polar surface area (TPSA) is 54.7 Å². The summed E-state index contributed by atoms with van der Waals surface area (Å²) in [5.74, 6) is 0.953. The molecule has 0 saturated carbocycles. The Labute approximate surface area is 70.9 Å². The van der Waals surface area contributed by atoms with Crippen LogP contribution in [0.15, 0.2) is 0 Å². The van der Waals surface area contributed by atoms with Gasteiger partial charge in [0.25, 0.3) is 0 Å². The third kappa shape index (κ3) is 1.87. The van der Waals surface area contributed by atoms with Crippen LogP contribution in [0.1, 0.15) is 19.5 Å². The summed E-state index contributed by atoms with van der Waals surface area (Å²) >= 11 is 5.83. The quantitative estimate of drug-likeness (QED) is 0.717. The molecule has 1 aromatic rings. The summed E-state index contributed by atoms with van der Waals surface area (Å²) < 4.78 is 0. The summed E-state index contributed by atoms with van der Waals surface area (Å²) in [5, 5.41) is 7.16. The molecule has 0 spiro atoms. The number of nitrogen functional groups attached to an aromatic ring is 1. The minimum absolute atomic E-state index is 0.391. The van der Waals surface area contributed by atoms with Crippen LogP contribution in [0.25, 0.3) is 0 Å².